The van der Waals surface area contributed by atoms with Gasteiger partial charge >= 0.3 is 0 Å². The van der Waals surface area contributed by atoms with E-state index in [0.29, 0.717) is 10.6 Å². The Morgan fingerprint density at radius 1 is 1.50 bits per heavy atom. The monoisotopic (exact) mass is 280 g/mol. The molecule has 0 radical (unpaired) electrons. The molecule has 0 aliphatic heterocycles. The summed E-state index contributed by atoms with van der Waals surface area (Å²) in [5, 5.41) is 8.03. The smallest absolute Gasteiger partial charge is 0.128 e. The predicted molar refractivity (Wildman–Crippen MR) is 78.6 cm³/mol. The third-order valence-corrected chi connectivity index (χ3v) is 3.04. The summed E-state index contributed by atoms with van der Waals surface area (Å²) in [4.78, 5) is 0.266. The highest BCUT2D eigenvalue weighted by Gasteiger charge is 2.11. The van der Waals surface area contributed by atoms with Crippen LogP contribution in [0.1, 0.15) is 11.3 Å². The van der Waals surface area contributed by atoms with E-state index in [1.54, 1.807) is 10.7 Å². The van der Waals surface area contributed by atoms with Gasteiger partial charge in [0.2, 0.25) is 0 Å². The Labute approximate surface area is 116 Å². The van der Waals surface area contributed by atoms with Gasteiger partial charge in [0.1, 0.15) is 10.8 Å². The average molecular weight is 281 g/mol. The molecule has 0 spiro atoms. The van der Waals surface area contributed by atoms with Gasteiger partial charge in [-0.2, -0.15) is 5.10 Å². The summed E-state index contributed by atoms with van der Waals surface area (Å²) in [6.45, 7) is 1.93. The molecule has 0 atom stereocenters. The molecule has 6 heteroatoms. The second-order valence-corrected chi connectivity index (χ2v) is 4.79. The standard InChI is InChI=1S/C12H13ClN4S/c1-7-6-10(17(2)16-7)15-9-5-3-4-8(13)11(9)12(14)18/h3-6,15H,1-2H3,(H2,14,18). The van der Waals surface area contributed by atoms with Crippen LogP contribution < -0.4 is 11.1 Å². The van der Waals surface area contributed by atoms with Crippen LogP contribution in [0.25, 0.3) is 0 Å². The molecule has 94 valence electrons. The van der Waals surface area contributed by atoms with Crippen LogP contribution in [-0.4, -0.2) is 14.8 Å². The molecule has 0 aliphatic rings. The molecule has 2 rings (SSSR count). The number of aromatic nitrogens is 2. The highest BCUT2D eigenvalue weighted by molar-refractivity contribution is 7.80. The number of nitrogens with zero attached hydrogens (tertiary/aromatic N) is 2. The van der Waals surface area contributed by atoms with Crippen LogP contribution in [0.3, 0.4) is 0 Å². The molecule has 1 heterocycles. The Morgan fingerprint density at radius 3 is 2.78 bits per heavy atom. The van der Waals surface area contributed by atoms with E-state index in [4.69, 9.17) is 29.6 Å². The minimum Gasteiger partial charge on any atom is -0.389 e. The molecule has 0 fully saturated rings. The molecule has 1 aromatic heterocycles. The van der Waals surface area contributed by atoms with E-state index < -0.39 is 0 Å². The Morgan fingerprint density at radius 2 is 2.22 bits per heavy atom. The van der Waals surface area contributed by atoms with Crippen molar-refractivity contribution in [2.24, 2.45) is 12.8 Å². The first-order valence-corrected chi connectivity index (χ1v) is 6.13. The van der Waals surface area contributed by atoms with Gasteiger partial charge in [-0.1, -0.05) is 29.9 Å². The summed E-state index contributed by atoms with van der Waals surface area (Å²) in [6.07, 6.45) is 0. The van der Waals surface area contributed by atoms with Crippen LogP contribution >= 0.6 is 23.8 Å². The molecule has 0 amide bonds. The number of benzene rings is 1. The van der Waals surface area contributed by atoms with Crippen LogP contribution in [0.15, 0.2) is 24.3 Å². The molecule has 0 aliphatic carbocycles. The van der Waals surface area contributed by atoms with Gasteiger partial charge in [0.15, 0.2) is 0 Å². The second kappa shape index (κ2) is 4.96. The molecule has 3 N–H and O–H groups in total. The van der Waals surface area contributed by atoms with Crippen molar-refractivity contribution >= 4 is 40.3 Å². The lowest BCUT2D eigenvalue weighted by Gasteiger charge is -2.12. The summed E-state index contributed by atoms with van der Waals surface area (Å²) < 4.78 is 1.75. The minimum atomic E-state index is 0.266. The van der Waals surface area contributed by atoms with Crippen molar-refractivity contribution in [1.29, 1.82) is 0 Å². The average Bonchev–Trinajstić information content (AvgIpc) is 2.57. The number of rotatable bonds is 3. The first-order valence-electron chi connectivity index (χ1n) is 5.35. The molecule has 0 saturated carbocycles. The molecule has 1 aromatic carbocycles. The van der Waals surface area contributed by atoms with Gasteiger partial charge in [0.05, 0.1) is 22.0 Å². The van der Waals surface area contributed by atoms with E-state index in [-0.39, 0.29) is 4.99 Å². The van der Waals surface area contributed by atoms with Crippen LogP contribution in [0.4, 0.5) is 11.5 Å². The quantitative estimate of drug-likeness (QED) is 0.849. The first kappa shape index (κ1) is 12.9. The van der Waals surface area contributed by atoms with E-state index in [0.717, 1.165) is 17.2 Å². The fourth-order valence-corrected chi connectivity index (χ4v) is 2.30. The third kappa shape index (κ3) is 2.47. The van der Waals surface area contributed by atoms with Crippen LogP contribution in [-0.2, 0) is 7.05 Å². The number of anilines is 2. The first-order chi connectivity index (χ1) is 8.49. The van der Waals surface area contributed by atoms with Crippen molar-refractivity contribution in [2.45, 2.75) is 6.92 Å². The van der Waals surface area contributed by atoms with Crippen molar-refractivity contribution in [1.82, 2.24) is 9.78 Å². The minimum absolute atomic E-state index is 0.266. The van der Waals surface area contributed by atoms with Crippen molar-refractivity contribution in [3.63, 3.8) is 0 Å². The maximum Gasteiger partial charge on any atom is 0.128 e. The third-order valence-electron chi connectivity index (χ3n) is 2.52. The zero-order valence-electron chi connectivity index (χ0n) is 10.1. The number of hydrogen-bond donors (Lipinski definition) is 2. The Balaban J connectivity index is 2.43. The van der Waals surface area contributed by atoms with Crippen molar-refractivity contribution in [2.75, 3.05) is 5.32 Å². The summed E-state index contributed by atoms with van der Waals surface area (Å²) in [7, 11) is 1.86. The Hall–Kier alpha value is -1.59. The molecule has 0 saturated heterocycles. The summed E-state index contributed by atoms with van der Waals surface area (Å²) >= 11 is 11.1. The number of hydrogen-bond acceptors (Lipinski definition) is 3. The predicted octanol–water partition coefficient (Wildman–Crippen LogP) is 2.76. The van der Waals surface area contributed by atoms with Crippen molar-refractivity contribution in [3.05, 3.63) is 40.5 Å². The van der Waals surface area contributed by atoms with Crippen LogP contribution in [0.2, 0.25) is 5.02 Å². The Kier molecular flexibility index (Phi) is 3.54. The number of nitrogens with two attached hydrogens (primary N) is 1. The van der Waals surface area contributed by atoms with Gasteiger partial charge in [0.25, 0.3) is 0 Å². The molecule has 0 unspecified atom stereocenters. The zero-order valence-corrected chi connectivity index (χ0v) is 11.6. The highest BCUT2D eigenvalue weighted by Crippen LogP contribution is 2.27. The number of aryl methyl sites for hydroxylation is 2. The lowest BCUT2D eigenvalue weighted by molar-refractivity contribution is 0.765. The lowest BCUT2D eigenvalue weighted by Crippen LogP contribution is -2.13. The van der Waals surface area contributed by atoms with Crippen LogP contribution in [0.5, 0.6) is 0 Å². The summed E-state index contributed by atoms with van der Waals surface area (Å²) in [5.74, 6) is 0.854. The van der Waals surface area contributed by atoms with Crippen LogP contribution in [0, 0.1) is 6.92 Å². The maximum absolute atomic E-state index is 6.11. The van der Waals surface area contributed by atoms with E-state index in [2.05, 4.69) is 10.4 Å². The topological polar surface area (TPSA) is 55.9 Å². The van der Waals surface area contributed by atoms with Gasteiger partial charge < -0.3 is 11.1 Å². The van der Waals surface area contributed by atoms with Crippen molar-refractivity contribution < 1.29 is 0 Å². The number of nitrogens with one attached hydrogen (secondary N) is 1. The van der Waals surface area contributed by atoms with Gasteiger partial charge in [-0.05, 0) is 19.1 Å². The molecule has 4 nitrogen and oxygen atoms in total. The zero-order chi connectivity index (χ0) is 13.3. The summed E-state index contributed by atoms with van der Waals surface area (Å²) in [6, 6.07) is 7.42. The largest absolute Gasteiger partial charge is 0.389 e. The number of thiocarbonyl (C=S) groups is 1. The molecule has 2 aromatic rings. The van der Waals surface area contributed by atoms with Gasteiger partial charge in [-0.25, -0.2) is 0 Å². The summed E-state index contributed by atoms with van der Waals surface area (Å²) in [5.41, 5.74) is 8.05. The Bertz CT molecular complexity index is 606. The maximum atomic E-state index is 6.11. The van der Waals surface area contributed by atoms with E-state index >= 15 is 0 Å². The van der Waals surface area contributed by atoms with E-state index in [1.807, 2.05) is 32.2 Å². The molecular weight excluding hydrogens is 268 g/mol. The highest BCUT2D eigenvalue weighted by atomic mass is 35.5. The molecular formula is C12H13ClN4S. The molecule has 0 bridgehead atoms. The lowest BCUT2D eigenvalue weighted by atomic mass is 10.1. The molecule has 18 heavy (non-hydrogen) atoms. The SMILES string of the molecule is Cc1cc(Nc2cccc(Cl)c2C(N)=S)n(C)n1. The van der Waals surface area contributed by atoms with E-state index in [1.165, 1.54) is 0 Å². The van der Waals surface area contributed by atoms with Gasteiger partial charge in [-0.3, -0.25) is 4.68 Å². The fourth-order valence-electron chi connectivity index (χ4n) is 1.74. The van der Waals surface area contributed by atoms with E-state index in [9.17, 15) is 0 Å². The van der Waals surface area contributed by atoms with Crippen molar-refractivity contribution in [3.8, 4) is 0 Å². The van der Waals surface area contributed by atoms with Gasteiger partial charge in [-0.15, -0.1) is 0 Å². The van der Waals surface area contributed by atoms with Gasteiger partial charge in [0, 0.05) is 13.1 Å². The normalized spacial score (nSPS) is 10.4. The fraction of sp³-hybridized carbons (Fsp3) is 0.167. The second-order valence-electron chi connectivity index (χ2n) is 3.95. The number of halogens is 1.